The molecular formula is C17H23FN2O3. The molecule has 0 radical (unpaired) electrons. The summed E-state index contributed by atoms with van der Waals surface area (Å²) in [6, 6.07) is 3.50. The number of benzene rings is 1. The van der Waals surface area contributed by atoms with Crippen molar-refractivity contribution in [3.8, 4) is 0 Å². The molecule has 2 rings (SSSR count). The third-order valence-corrected chi connectivity index (χ3v) is 4.18. The first-order chi connectivity index (χ1) is 10.8. The smallest absolute Gasteiger partial charge is 0.315 e. The van der Waals surface area contributed by atoms with E-state index in [0.717, 1.165) is 5.56 Å². The minimum atomic E-state index is -0.359. The summed E-state index contributed by atoms with van der Waals surface area (Å²) in [7, 11) is 0. The van der Waals surface area contributed by atoms with Gasteiger partial charge in [0.05, 0.1) is 6.04 Å². The molecule has 5 nitrogen and oxygen atoms in total. The van der Waals surface area contributed by atoms with Crippen LogP contribution >= 0.6 is 0 Å². The Labute approximate surface area is 134 Å². The average Bonchev–Trinajstić information content (AvgIpc) is 2.83. The third-order valence-electron chi connectivity index (χ3n) is 4.18. The highest BCUT2D eigenvalue weighted by Gasteiger charge is 2.20. The Balaban J connectivity index is 2.10. The fraction of sp³-hybridized carbons (Fsp3) is 0.471. The monoisotopic (exact) mass is 322 g/mol. The Morgan fingerprint density at radius 1 is 1.30 bits per heavy atom. The SMILES string of the molecule is Cc1c(C(C)NC(=O)NC(C)C(C)CO)oc2ccc(F)cc12. The highest BCUT2D eigenvalue weighted by molar-refractivity contribution is 5.82. The lowest BCUT2D eigenvalue weighted by molar-refractivity contribution is 0.199. The van der Waals surface area contributed by atoms with Crippen LogP contribution in [0.2, 0.25) is 0 Å². The number of hydrogen-bond acceptors (Lipinski definition) is 3. The Morgan fingerprint density at radius 3 is 2.65 bits per heavy atom. The van der Waals surface area contributed by atoms with Gasteiger partial charge in [-0.05, 0) is 44.9 Å². The summed E-state index contributed by atoms with van der Waals surface area (Å²) in [5.74, 6) is 0.244. The molecule has 126 valence electrons. The summed E-state index contributed by atoms with van der Waals surface area (Å²) in [5.41, 5.74) is 1.40. The van der Waals surface area contributed by atoms with E-state index >= 15 is 0 Å². The van der Waals surface area contributed by atoms with Crippen molar-refractivity contribution in [3.05, 3.63) is 35.3 Å². The number of halogens is 1. The van der Waals surface area contributed by atoms with E-state index in [1.165, 1.54) is 12.1 Å². The first kappa shape index (κ1) is 17.3. The number of urea groups is 1. The summed E-state index contributed by atoms with van der Waals surface area (Å²) in [4.78, 5) is 12.0. The van der Waals surface area contributed by atoms with Gasteiger partial charge in [0.15, 0.2) is 0 Å². The van der Waals surface area contributed by atoms with Crippen molar-refractivity contribution >= 4 is 17.0 Å². The molecule has 0 aliphatic heterocycles. The molecule has 0 aliphatic carbocycles. The summed E-state index contributed by atoms with van der Waals surface area (Å²) in [6.07, 6.45) is 0. The van der Waals surface area contributed by atoms with Crippen molar-refractivity contribution in [2.45, 2.75) is 39.8 Å². The number of fused-ring (bicyclic) bond motifs is 1. The van der Waals surface area contributed by atoms with Crippen LogP contribution in [0, 0.1) is 18.7 Å². The van der Waals surface area contributed by atoms with Crippen molar-refractivity contribution in [3.63, 3.8) is 0 Å². The van der Waals surface area contributed by atoms with Crippen molar-refractivity contribution in [2.75, 3.05) is 6.61 Å². The van der Waals surface area contributed by atoms with Gasteiger partial charge in [0, 0.05) is 23.6 Å². The molecule has 0 aliphatic rings. The molecule has 1 aromatic carbocycles. The van der Waals surface area contributed by atoms with Crippen LogP contribution in [0.25, 0.3) is 11.0 Å². The van der Waals surface area contributed by atoms with E-state index < -0.39 is 0 Å². The predicted octanol–water partition coefficient (Wildman–Crippen LogP) is 3.26. The summed E-state index contributed by atoms with van der Waals surface area (Å²) < 4.78 is 19.1. The van der Waals surface area contributed by atoms with E-state index in [1.54, 1.807) is 13.0 Å². The van der Waals surface area contributed by atoms with Crippen LogP contribution < -0.4 is 10.6 Å². The zero-order chi connectivity index (χ0) is 17.1. The van der Waals surface area contributed by atoms with Gasteiger partial charge >= 0.3 is 6.03 Å². The number of aliphatic hydroxyl groups is 1. The van der Waals surface area contributed by atoms with E-state index in [9.17, 15) is 9.18 Å². The maximum Gasteiger partial charge on any atom is 0.315 e. The molecule has 3 atom stereocenters. The van der Waals surface area contributed by atoms with Crippen LogP contribution in [0.1, 0.15) is 38.1 Å². The zero-order valence-corrected chi connectivity index (χ0v) is 13.8. The highest BCUT2D eigenvalue weighted by Crippen LogP contribution is 2.29. The van der Waals surface area contributed by atoms with Gasteiger partial charge in [0.1, 0.15) is 17.2 Å². The van der Waals surface area contributed by atoms with Crippen LogP contribution in [0.15, 0.2) is 22.6 Å². The molecule has 0 saturated heterocycles. The standard InChI is InChI=1S/C17H23FN2O3/c1-9(8-21)11(3)19-17(22)20-12(4)16-10(2)14-7-13(18)5-6-15(14)23-16/h5-7,9,11-12,21H,8H2,1-4H3,(H2,19,20,22). The van der Waals surface area contributed by atoms with Gasteiger partial charge < -0.3 is 20.2 Å². The largest absolute Gasteiger partial charge is 0.459 e. The molecule has 1 heterocycles. The third kappa shape index (κ3) is 3.82. The average molecular weight is 322 g/mol. The number of nitrogens with one attached hydrogen (secondary N) is 2. The molecule has 0 bridgehead atoms. The molecule has 0 saturated carbocycles. The van der Waals surface area contributed by atoms with Crippen LogP contribution in [-0.2, 0) is 0 Å². The van der Waals surface area contributed by atoms with E-state index in [4.69, 9.17) is 9.52 Å². The zero-order valence-electron chi connectivity index (χ0n) is 13.8. The van der Waals surface area contributed by atoms with Gasteiger partial charge in [-0.3, -0.25) is 0 Å². The van der Waals surface area contributed by atoms with Crippen molar-refractivity contribution in [1.29, 1.82) is 0 Å². The fourth-order valence-electron chi connectivity index (χ4n) is 2.44. The molecule has 0 spiro atoms. The van der Waals surface area contributed by atoms with Crippen molar-refractivity contribution in [2.24, 2.45) is 5.92 Å². The van der Waals surface area contributed by atoms with E-state index in [2.05, 4.69) is 10.6 Å². The Hall–Kier alpha value is -2.08. The minimum Gasteiger partial charge on any atom is -0.459 e. The first-order valence-electron chi connectivity index (χ1n) is 7.70. The molecule has 3 unspecified atom stereocenters. The summed E-state index contributed by atoms with van der Waals surface area (Å²) in [6.45, 7) is 7.34. The second kappa shape index (κ2) is 7.00. The van der Waals surface area contributed by atoms with E-state index in [0.29, 0.717) is 16.7 Å². The molecule has 0 fully saturated rings. The number of rotatable bonds is 5. The quantitative estimate of drug-likeness (QED) is 0.791. The Kier molecular flexibility index (Phi) is 5.26. The topological polar surface area (TPSA) is 74.5 Å². The number of furan rings is 1. The molecule has 6 heteroatoms. The Morgan fingerprint density at radius 2 is 2.00 bits per heavy atom. The highest BCUT2D eigenvalue weighted by atomic mass is 19.1. The first-order valence-corrected chi connectivity index (χ1v) is 7.70. The lowest BCUT2D eigenvalue weighted by Crippen LogP contribution is -2.44. The molecule has 23 heavy (non-hydrogen) atoms. The summed E-state index contributed by atoms with van der Waals surface area (Å²) in [5, 5.41) is 15.4. The summed E-state index contributed by atoms with van der Waals surface area (Å²) >= 11 is 0. The molecule has 2 amide bonds. The fourth-order valence-corrected chi connectivity index (χ4v) is 2.44. The molecule has 2 aromatic rings. The molecular weight excluding hydrogens is 299 g/mol. The normalized spacial score (nSPS) is 15.2. The van der Waals surface area contributed by atoms with Gasteiger partial charge in [-0.15, -0.1) is 0 Å². The minimum absolute atomic E-state index is 0.00520. The second-order valence-electron chi connectivity index (χ2n) is 6.02. The van der Waals surface area contributed by atoms with E-state index in [1.807, 2.05) is 20.8 Å². The van der Waals surface area contributed by atoms with Crippen LogP contribution in [-0.4, -0.2) is 23.8 Å². The van der Waals surface area contributed by atoms with Gasteiger partial charge in [-0.2, -0.15) is 0 Å². The van der Waals surface area contributed by atoms with Gasteiger partial charge in [-0.1, -0.05) is 6.92 Å². The number of aliphatic hydroxyl groups excluding tert-OH is 1. The second-order valence-corrected chi connectivity index (χ2v) is 6.02. The van der Waals surface area contributed by atoms with Crippen LogP contribution in [0.5, 0.6) is 0 Å². The number of carbonyl (C=O) groups is 1. The maximum absolute atomic E-state index is 13.3. The number of aryl methyl sites for hydroxylation is 1. The van der Waals surface area contributed by atoms with E-state index in [-0.39, 0.29) is 36.5 Å². The molecule has 3 N–H and O–H groups in total. The van der Waals surface area contributed by atoms with Crippen molar-refractivity contribution in [1.82, 2.24) is 10.6 Å². The lowest BCUT2D eigenvalue weighted by atomic mass is 10.1. The van der Waals surface area contributed by atoms with Crippen LogP contribution in [0.3, 0.4) is 0 Å². The van der Waals surface area contributed by atoms with Crippen LogP contribution in [0.4, 0.5) is 9.18 Å². The number of carbonyl (C=O) groups excluding carboxylic acids is 1. The predicted molar refractivity (Wildman–Crippen MR) is 86.7 cm³/mol. The van der Waals surface area contributed by atoms with Crippen molar-refractivity contribution < 1.29 is 18.7 Å². The van der Waals surface area contributed by atoms with Gasteiger partial charge in [0.25, 0.3) is 0 Å². The van der Waals surface area contributed by atoms with Gasteiger partial charge in [0.2, 0.25) is 0 Å². The lowest BCUT2D eigenvalue weighted by Gasteiger charge is -2.21. The maximum atomic E-state index is 13.3. The number of amides is 2. The molecule has 1 aromatic heterocycles. The number of hydrogen-bond donors (Lipinski definition) is 3. The Bertz CT molecular complexity index is 698. The van der Waals surface area contributed by atoms with Gasteiger partial charge in [-0.25, -0.2) is 9.18 Å².